The summed E-state index contributed by atoms with van der Waals surface area (Å²) in [7, 11) is 2.91. The fraction of sp³-hybridized carbons (Fsp3) is 0.158. The molecule has 0 aliphatic carbocycles. The fourth-order valence-electron chi connectivity index (χ4n) is 3.14. The molecular weight excluding hydrogens is 356 g/mol. The van der Waals surface area contributed by atoms with Gasteiger partial charge in [-0.15, -0.1) is 0 Å². The smallest absolute Gasteiger partial charge is 0.323 e. The van der Waals surface area contributed by atoms with Crippen molar-refractivity contribution in [2.75, 3.05) is 14.2 Å². The van der Waals surface area contributed by atoms with Gasteiger partial charge in [0, 0.05) is 24.3 Å². The third kappa shape index (κ3) is 2.53. The van der Waals surface area contributed by atoms with Crippen molar-refractivity contribution in [1.82, 2.24) is 0 Å². The monoisotopic (exact) mass is 370 g/mol. The highest BCUT2D eigenvalue weighted by atomic mass is 16.5. The van der Waals surface area contributed by atoms with Crippen molar-refractivity contribution in [2.45, 2.75) is 5.92 Å². The molecule has 0 saturated heterocycles. The van der Waals surface area contributed by atoms with Crippen LogP contribution in [0.3, 0.4) is 0 Å². The van der Waals surface area contributed by atoms with Crippen LogP contribution in [0.15, 0.2) is 36.1 Å². The number of ether oxygens (including phenoxy) is 4. The summed E-state index contributed by atoms with van der Waals surface area (Å²) >= 11 is 0. The van der Waals surface area contributed by atoms with Crippen LogP contribution in [0.4, 0.5) is 0 Å². The number of phenolic OH excluding ortho intramolecular Hbond substituents is 2. The first kappa shape index (κ1) is 16.8. The molecule has 0 aromatic heterocycles. The maximum absolute atomic E-state index is 12.6. The summed E-state index contributed by atoms with van der Waals surface area (Å²) in [5.74, 6) is -1.87. The number of methoxy groups -OCH3 is 2. The summed E-state index contributed by atoms with van der Waals surface area (Å²) in [6.45, 7) is 0. The summed E-state index contributed by atoms with van der Waals surface area (Å²) < 4.78 is 21.2. The van der Waals surface area contributed by atoms with E-state index in [-0.39, 0.29) is 28.6 Å². The van der Waals surface area contributed by atoms with E-state index >= 15 is 0 Å². The molecule has 27 heavy (non-hydrogen) atoms. The van der Waals surface area contributed by atoms with Crippen molar-refractivity contribution in [1.29, 1.82) is 0 Å². The number of benzene rings is 2. The lowest BCUT2D eigenvalue weighted by Crippen LogP contribution is -2.11. The van der Waals surface area contributed by atoms with Crippen molar-refractivity contribution in [3.05, 3.63) is 47.2 Å². The largest absolute Gasteiger partial charge is 0.508 e. The average Bonchev–Trinajstić information content (AvgIpc) is 3.11. The van der Waals surface area contributed by atoms with E-state index in [4.69, 9.17) is 18.9 Å². The molecule has 1 atom stereocenters. The normalized spacial score (nSPS) is 18.7. The summed E-state index contributed by atoms with van der Waals surface area (Å²) in [6, 6.07) is 5.39. The Labute approximate surface area is 153 Å². The van der Waals surface area contributed by atoms with Crippen molar-refractivity contribution in [3.8, 4) is 34.5 Å². The van der Waals surface area contributed by atoms with Crippen LogP contribution in [0.25, 0.3) is 0 Å². The average molecular weight is 370 g/mol. The van der Waals surface area contributed by atoms with E-state index in [0.29, 0.717) is 17.1 Å². The molecular formula is C19H14O8. The Hall–Kier alpha value is -3.68. The number of fused-ring (bicyclic) bond motifs is 2. The molecule has 0 saturated carbocycles. The van der Waals surface area contributed by atoms with Gasteiger partial charge in [-0.05, 0) is 6.08 Å². The van der Waals surface area contributed by atoms with E-state index in [1.54, 1.807) is 12.1 Å². The molecule has 0 amide bonds. The van der Waals surface area contributed by atoms with Crippen LogP contribution < -0.4 is 18.9 Å². The number of hydrogen-bond donors (Lipinski definition) is 2. The van der Waals surface area contributed by atoms with E-state index in [0.717, 1.165) is 6.07 Å². The van der Waals surface area contributed by atoms with Crippen LogP contribution in [0, 0.1) is 0 Å². The standard InChI is InChI=1S/C19H14O8/c1-24-9-5-12(25-2)16-10(19(23)27-14(16)6-9)7-15-18(22)17-11(21)3-8(20)4-13(17)26-15/h3-7,10,20-21H,1-2H3/b15-7-. The number of aromatic hydroxyl groups is 2. The topological polar surface area (TPSA) is 112 Å². The minimum absolute atomic E-state index is 0.0111. The van der Waals surface area contributed by atoms with Gasteiger partial charge in [-0.2, -0.15) is 0 Å². The molecule has 0 fully saturated rings. The molecule has 2 aromatic carbocycles. The molecule has 138 valence electrons. The second-order valence-electron chi connectivity index (χ2n) is 5.94. The first-order chi connectivity index (χ1) is 12.9. The number of carbonyl (C=O) groups excluding carboxylic acids is 2. The SMILES string of the molecule is COc1cc(OC)c2c(c1)OC(=O)C2/C=C1\Oc2cc(O)cc(O)c2C1=O. The molecule has 2 aliphatic rings. The number of phenols is 2. The molecule has 4 rings (SSSR count). The highest BCUT2D eigenvalue weighted by Crippen LogP contribution is 2.47. The Balaban J connectivity index is 1.78. The molecule has 0 spiro atoms. The summed E-state index contributed by atoms with van der Waals surface area (Å²) in [5, 5.41) is 19.4. The Morgan fingerprint density at radius 2 is 1.78 bits per heavy atom. The Kier molecular flexibility index (Phi) is 3.69. The molecule has 0 bridgehead atoms. The van der Waals surface area contributed by atoms with E-state index in [1.807, 2.05) is 0 Å². The second kappa shape index (κ2) is 5.94. The number of carbonyl (C=O) groups is 2. The van der Waals surface area contributed by atoms with Crippen molar-refractivity contribution < 1.29 is 38.7 Å². The number of allylic oxidation sites excluding steroid dienone is 1. The Morgan fingerprint density at radius 3 is 2.48 bits per heavy atom. The van der Waals surface area contributed by atoms with E-state index in [1.165, 1.54) is 26.4 Å². The van der Waals surface area contributed by atoms with Crippen LogP contribution >= 0.6 is 0 Å². The zero-order chi connectivity index (χ0) is 19.3. The van der Waals surface area contributed by atoms with Crippen molar-refractivity contribution in [3.63, 3.8) is 0 Å². The van der Waals surface area contributed by atoms with Gasteiger partial charge in [-0.1, -0.05) is 0 Å². The summed E-state index contributed by atoms with van der Waals surface area (Å²) in [6.07, 6.45) is 1.31. The number of hydrogen-bond acceptors (Lipinski definition) is 8. The molecule has 8 nitrogen and oxygen atoms in total. The molecule has 0 radical (unpaired) electrons. The zero-order valence-corrected chi connectivity index (χ0v) is 14.3. The highest BCUT2D eigenvalue weighted by Gasteiger charge is 2.39. The van der Waals surface area contributed by atoms with Gasteiger partial charge >= 0.3 is 5.97 Å². The Morgan fingerprint density at radius 1 is 1.00 bits per heavy atom. The van der Waals surface area contributed by atoms with Crippen LogP contribution in [0.1, 0.15) is 21.8 Å². The minimum atomic E-state index is -0.940. The third-order valence-electron chi connectivity index (χ3n) is 4.36. The van der Waals surface area contributed by atoms with Gasteiger partial charge in [0.25, 0.3) is 0 Å². The van der Waals surface area contributed by atoms with Gasteiger partial charge < -0.3 is 29.2 Å². The van der Waals surface area contributed by atoms with E-state index < -0.39 is 23.4 Å². The maximum atomic E-state index is 12.6. The minimum Gasteiger partial charge on any atom is -0.508 e. The number of esters is 1. The summed E-state index contributed by atoms with van der Waals surface area (Å²) in [4.78, 5) is 24.9. The van der Waals surface area contributed by atoms with Gasteiger partial charge in [0.1, 0.15) is 46.0 Å². The molecule has 2 aliphatic heterocycles. The van der Waals surface area contributed by atoms with Gasteiger partial charge in [0.2, 0.25) is 5.78 Å². The lowest BCUT2D eigenvalue weighted by atomic mass is 9.97. The summed E-state index contributed by atoms with van der Waals surface area (Å²) in [5.41, 5.74) is 0.363. The van der Waals surface area contributed by atoms with Crippen molar-refractivity contribution in [2.24, 2.45) is 0 Å². The van der Waals surface area contributed by atoms with E-state index in [9.17, 15) is 19.8 Å². The van der Waals surface area contributed by atoms with Crippen LogP contribution in [-0.4, -0.2) is 36.2 Å². The molecule has 2 aromatic rings. The lowest BCUT2D eigenvalue weighted by Gasteiger charge is -2.10. The van der Waals surface area contributed by atoms with Crippen LogP contribution in [-0.2, 0) is 4.79 Å². The molecule has 2 heterocycles. The van der Waals surface area contributed by atoms with Crippen LogP contribution in [0.5, 0.6) is 34.5 Å². The molecule has 8 heteroatoms. The second-order valence-corrected chi connectivity index (χ2v) is 5.94. The predicted molar refractivity (Wildman–Crippen MR) is 90.7 cm³/mol. The predicted octanol–water partition coefficient (Wildman–Crippen LogP) is 2.28. The van der Waals surface area contributed by atoms with E-state index in [2.05, 4.69) is 0 Å². The van der Waals surface area contributed by atoms with Gasteiger partial charge in [0.05, 0.1) is 19.8 Å². The number of ketones is 1. The third-order valence-corrected chi connectivity index (χ3v) is 4.36. The maximum Gasteiger partial charge on any atom is 0.323 e. The fourth-order valence-corrected chi connectivity index (χ4v) is 3.14. The van der Waals surface area contributed by atoms with Crippen LogP contribution in [0.2, 0.25) is 0 Å². The number of Topliss-reactive ketones (excluding diaryl/α,β-unsaturated/α-hetero) is 1. The Bertz CT molecular complexity index is 1020. The molecule has 2 N–H and O–H groups in total. The first-order valence-corrected chi connectivity index (χ1v) is 7.91. The first-order valence-electron chi connectivity index (χ1n) is 7.91. The number of rotatable bonds is 3. The van der Waals surface area contributed by atoms with Gasteiger partial charge in [-0.25, -0.2) is 0 Å². The quantitative estimate of drug-likeness (QED) is 0.481. The van der Waals surface area contributed by atoms with Gasteiger partial charge in [-0.3, -0.25) is 9.59 Å². The highest BCUT2D eigenvalue weighted by molar-refractivity contribution is 6.14. The zero-order valence-electron chi connectivity index (χ0n) is 14.3. The van der Waals surface area contributed by atoms with Crippen molar-refractivity contribution >= 4 is 11.8 Å². The molecule has 1 unspecified atom stereocenters. The lowest BCUT2D eigenvalue weighted by molar-refractivity contribution is -0.133. The van der Waals surface area contributed by atoms with Gasteiger partial charge in [0.15, 0.2) is 5.76 Å².